The second-order valence-electron chi connectivity index (χ2n) is 7.39. The average molecular weight is 337 g/mol. The summed E-state index contributed by atoms with van der Waals surface area (Å²) in [5, 5.41) is 10.2. The highest BCUT2D eigenvalue weighted by Crippen LogP contribution is 2.47. The Morgan fingerprint density at radius 3 is 2.61 bits per heavy atom. The monoisotopic (exact) mass is 336 g/mol. The number of nitrogens with zero attached hydrogens (tertiary/aromatic N) is 2. The van der Waals surface area contributed by atoms with Gasteiger partial charge in [-0.1, -0.05) is 6.92 Å². The molecule has 2 heterocycles. The quantitative estimate of drug-likeness (QED) is 0.884. The van der Waals surface area contributed by atoms with Crippen molar-refractivity contribution in [3.05, 3.63) is 16.1 Å². The zero-order chi connectivity index (χ0) is 16.3. The zero-order valence-corrected chi connectivity index (χ0v) is 14.9. The summed E-state index contributed by atoms with van der Waals surface area (Å²) in [5.41, 5.74) is 0.508. The summed E-state index contributed by atoms with van der Waals surface area (Å²) < 4.78 is 0. The lowest BCUT2D eigenvalue weighted by atomic mass is 9.65. The van der Waals surface area contributed by atoms with Crippen LogP contribution in [0.15, 0.2) is 6.20 Å². The molecule has 0 atom stereocenters. The van der Waals surface area contributed by atoms with Crippen LogP contribution in [0.4, 0.5) is 0 Å². The minimum absolute atomic E-state index is 0.368. The van der Waals surface area contributed by atoms with E-state index in [0.717, 1.165) is 25.8 Å². The summed E-state index contributed by atoms with van der Waals surface area (Å²) in [6.45, 7) is 5.58. The molecule has 1 spiro atoms. The second kappa shape index (κ2) is 7.31. The van der Waals surface area contributed by atoms with Gasteiger partial charge in [0.2, 0.25) is 0 Å². The molecule has 128 valence electrons. The van der Waals surface area contributed by atoms with E-state index in [1.807, 2.05) is 17.5 Å². The smallest absolute Gasteiger partial charge is 0.303 e. The number of aromatic nitrogens is 1. The van der Waals surface area contributed by atoms with Gasteiger partial charge in [-0.25, -0.2) is 4.98 Å². The van der Waals surface area contributed by atoms with E-state index in [-0.39, 0.29) is 0 Å². The first-order valence-electron chi connectivity index (χ1n) is 8.96. The third-order valence-electron chi connectivity index (χ3n) is 5.83. The number of hydrogen-bond donors (Lipinski definition) is 1. The molecule has 0 bridgehead atoms. The van der Waals surface area contributed by atoms with Gasteiger partial charge in [0.1, 0.15) is 0 Å². The van der Waals surface area contributed by atoms with Crippen molar-refractivity contribution < 1.29 is 9.90 Å². The largest absolute Gasteiger partial charge is 0.481 e. The van der Waals surface area contributed by atoms with E-state index in [4.69, 9.17) is 5.11 Å². The van der Waals surface area contributed by atoms with E-state index in [1.165, 1.54) is 48.7 Å². The molecule has 2 fully saturated rings. The number of carbonyl (C=O) groups is 1. The van der Waals surface area contributed by atoms with Crippen LogP contribution in [-0.4, -0.2) is 34.0 Å². The molecule has 0 aromatic carbocycles. The van der Waals surface area contributed by atoms with E-state index < -0.39 is 5.97 Å². The predicted molar refractivity (Wildman–Crippen MR) is 92.6 cm³/mol. The SMILES string of the molecule is CCc1ncc(CN2CCC3(CCC(CC(=O)O)CC3)CC2)s1. The Balaban J connectivity index is 1.46. The maximum Gasteiger partial charge on any atom is 0.303 e. The van der Waals surface area contributed by atoms with Gasteiger partial charge in [0, 0.05) is 24.0 Å². The fraction of sp³-hybridized carbons (Fsp3) is 0.778. The van der Waals surface area contributed by atoms with Crippen molar-refractivity contribution in [3.8, 4) is 0 Å². The highest BCUT2D eigenvalue weighted by Gasteiger charge is 2.38. The molecule has 5 heteroatoms. The summed E-state index contributed by atoms with van der Waals surface area (Å²) in [5.74, 6) is -0.211. The number of piperidine rings is 1. The number of thiazole rings is 1. The summed E-state index contributed by atoms with van der Waals surface area (Å²) >= 11 is 1.85. The van der Waals surface area contributed by atoms with Gasteiger partial charge in [0.05, 0.1) is 5.01 Å². The normalized spacial score (nSPS) is 22.5. The number of aliphatic carboxylic acids is 1. The van der Waals surface area contributed by atoms with Crippen LogP contribution in [0.1, 0.15) is 61.8 Å². The minimum atomic E-state index is -0.628. The van der Waals surface area contributed by atoms with Gasteiger partial charge >= 0.3 is 5.97 Å². The highest BCUT2D eigenvalue weighted by molar-refractivity contribution is 7.11. The molecule has 1 aliphatic heterocycles. The van der Waals surface area contributed by atoms with Crippen LogP contribution in [-0.2, 0) is 17.8 Å². The fourth-order valence-electron chi connectivity index (χ4n) is 4.23. The first-order chi connectivity index (χ1) is 11.1. The van der Waals surface area contributed by atoms with E-state index >= 15 is 0 Å². The Labute approximate surface area is 142 Å². The first kappa shape index (κ1) is 16.9. The summed E-state index contributed by atoms with van der Waals surface area (Å²) in [6.07, 6.45) is 10.7. The van der Waals surface area contributed by atoms with E-state index in [2.05, 4.69) is 16.8 Å². The number of carboxylic acid groups (broad SMARTS) is 1. The molecule has 23 heavy (non-hydrogen) atoms. The average Bonchev–Trinajstić information content (AvgIpc) is 2.99. The zero-order valence-electron chi connectivity index (χ0n) is 14.1. The molecule has 2 aliphatic rings. The van der Waals surface area contributed by atoms with Crippen molar-refractivity contribution in [2.45, 2.75) is 64.8 Å². The van der Waals surface area contributed by atoms with Crippen LogP contribution < -0.4 is 0 Å². The van der Waals surface area contributed by atoms with Crippen molar-refractivity contribution in [2.75, 3.05) is 13.1 Å². The highest BCUT2D eigenvalue weighted by atomic mass is 32.1. The Bertz CT molecular complexity index is 525. The molecular weight excluding hydrogens is 308 g/mol. The second-order valence-corrected chi connectivity index (χ2v) is 8.59. The van der Waals surface area contributed by atoms with Crippen LogP contribution in [0.3, 0.4) is 0 Å². The molecule has 3 rings (SSSR count). The van der Waals surface area contributed by atoms with Gasteiger partial charge in [-0.05, 0) is 69.4 Å². The van der Waals surface area contributed by atoms with E-state index in [1.54, 1.807) is 0 Å². The number of rotatable bonds is 5. The van der Waals surface area contributed by atoms with Crippen molar-refractivity contribution >= 4 is 17.3 Å². The topological polar surface area (TPSA) is 53.4 Å². The van der Waals surface area contributed by atoms with Gasteiger partial charge in [0.25, 0.3) is 0 Å². The molecule has 4 nitrogen and oxygen atoms in total. The maximum atomic E-state index is 10.9. The Kier molecular flexibility index (Phi) is 5.37. The Morgan fingerprint density at radius 2 is 2.04 bits per heavy atom. The van der Waals surface area contributed by atoms with Crippen LogP contribution in [0.5, 0.6) is 0 Å². The van der Waals surface area contributed by atoms with Gasteiger partial charge in [-0.2, -0.15) is 0 Å². The Hall–Kier alpha value is -0.940. The van der Waals surface area contributed by atoms with Gasteiger partial charge in [0.15, 0.2) is 0 Å². The molecule has 1 saturated carbocycles. The third-order valence-corrected chi connectivity index (χ3v) is 6.96. The molecule has 1 saturated heterocycles. The van der Waals surface area contributed by atoms with Crippen LogP contribution >= 0.6 is 11.3 Å². The number of likely N-dealkylation sites (tertiary alicyclic amines) is 1. The number of carboxylic acids is 1. The molecule has 1 aromatic heterocycles. The Morgan fingerprint density at radius 1 is 1.35 bits per heavy atom. The summed E-state index contributed by atoms with van der Waals surface area (Å²) in [7, 11) is 0. The van der Waals surface area contributed by atoms with Crippen molar-refractivity contribution in [1.29, 1.82) is 0 Å². The lowest BCUT2D eigenvalue weighted by molar-refractivity contribution is -0.138. The van der Waals surface area contributed by atoms with Gasteiger partial charge < -0.3 is 5.11 Å². The predicted octanol–water partition coefficient (Wildman–Crippen LogP) is 3.95. The molecule has 0 radical (unpaired) electrons. The molecule has 1 aromatic rings. The molecule has 1 aliphatic carbocycles. The standard InChI is InChI=1S/C18H28N2O2S/c1-2-16-19-12-15(23-16)13-20-9-7-18(8-10-20)5-3-14(4-6-18)11-17(21)22/h12,14H,2-11,13H2,1H3,(H,21,22). The molecule has 1 N–H and O–H groups in total. The number of hydrogen-bond acceptors (Lipinski definition) is 4. The maximum absolute atomic E-state index is 10.9. The van der Waals surface area contributed by atoms with Gasteiger partial charge in [-0.3, -0.25) is 9.69 Å². The van der Waals surface area contributed by atoms with Crippen molar-refractivity contribution in [2.24, 2.45) is 11.3 Å². The molecular formula is C18H28N2O2S. The summed E-state index contributed by atoms with van der Waals surface area (Å²) in [6, 6.07) is 0. The van der Waals surface area contributed by atoms with E-state index in [9.17, 15) is 4.79 Å². The van der Waals surface area contributed by atoms with E-state index in [0.29, 0.717) is 17.8 Å². The van der Waals surface area contributed by atoms with Crippen LogP contribution in [0, 0.1) is 11.3 Å². The summed E-state index contributed by atoms with van der Waals surface area (Å²) in [4.78, 5) is 19.3. The van der Waals surface area contributed by atoms with Gasteiger partial charge in [-0.15, -0.1) is 11.3 Å². The molecule has 0 amide bonds. The first-order valence-corrected chi connectivity index (χ1v) is 9.78. The van der Waals surface area contributed by atoms with Crippen molar-refractivity contribution in [3.63, 3.8) is 0 Å². The number of aryl methyl sites for hydroxylation is 1. The van der Waals surface area contributed by atoms with Crippen molar-refractivity contribution in [1.82, 2.24) is 9.88 Å². The lowest BCUT2D eigenvalue weighted by Gasteiger charge is -2.45. The van der Waals surface area contributed by atoms with Crippen LogP contribution in [0.2, 0.25) is 0 Å². The lowest BCUT2D eigenvalue weighted by Crippen LogP contribution is -2.41. The molecule has 0 unspecified atom stereocenters. The minimum Gasteiger partial charge on any atom is -0.481 e. The fourth-order valence-corrected chi connectivity index (χ4v) is 5.14. The van der Waals surface area contributed by atoms with Crippen LogP contribution in [0.25, 0.3) is 0 Å². The third kappa shape index (κ3) is 4.32.